The molecule has 1 aromatic heterocycles. The normalized spacial score (nSPS) is 17.3. The minimum absolute atomic E-state index is 0.0145. The van der Waals surface area contributed by atoms with Gasteiger partial charge in [-0.25, -0.2) is 4.98 Å². The lowest BCUT2D eigenvalue weighted by Gasteiger charge is -2.19. The van der Waals surface area contributed by atoms with Crippen LogP contribution in [0.5, 0.6) is 0 Å². The van der Waals surface area contributed by atoms with Gasteiger partial charge in [0.25, 0.3) is 0 Å². The fraction of sp³-hybridized carbons (Fsp3) is 0.714. The third-order valence-electron chi connectivity index (χ3n) is 3.43. The molecule has 0 spiro atoms. The molecule has 0 atom stereocenters. The van der Waals surface area contributed by atoms with E-state index in [0.717, 1.165) is 28.8 Å². The summed E-state index contributed by atoms with van der Waals surface area (Å²) in [4.78, 5) is 8.71. The second-order valence-corrected chi connectivity index (χ2v) is 7.61. The van der Waals surface area contributed by atoms with Crippen LogP contribution in [0, 0.1) is 0 Å². The SMILES string of the molecule is CC(C)(C)c1nc(N2CCCCCC2)sc1C(N)=S. The van der Waals surface area contributed by atoms with Gasteiger partial charge in [0.05, 0.1) is 10.6 Å². The number of hydrogen-bond donors (Lipinski definition) is 1. The first-order valence-corrected chi connectivity index (χ1v) is 8.18. The molecule has 2 rings (SSSR count). The zero-order valence-electron chi connectivity index (χ0n) is 12.0. The highest BCUT2D eigenvalue weighted by Crippen LogP contribution is 2.34. The Kier molecular flexibility index (Phi) is 4.46. The van der Waals surface area contributed by atoms with Gasteiger partial charge in [-0.05, 0) is 12.8 Å². The predicted molar refractivity (Wildman–Crippen MR) is 87.4 cm³/mol. The van der Waals surface area contributed by atoms with E-state index >= 15 is 0 Å². The van der Waals surface area contributed by atoms with Crippen molar-refractivity contribution in [3.63, 3.8) is 0 Å². The van der Waals surface area contributed by atoms with Gasteiger partial charge in [0.2, 0.25) is 0 Å². The summed E-state index contributed by atoms with van der Waals surface area (Å²) in [5.41, 5.74) is 6.90. The van der Waals surface area contributed by atoms with Gasteiger partial charge in [-0.15, -0.1) is 0 Å². The summed E-state index contributed by atoms with van der Waals surface area (Å²) in [6, 6.07) is 0. The van der Waals surface area contributed by atoms with Crippen molar-refractivity contribution in [1.29, 1.82) is 0 Å². The molecule has 1 aliphatic heterocycles. The molecule has 5 heteroatoms. The van der Waals surface area contributed by atoms with E-state index in [1.807, 2.05) is 0 Å². The molecule has 0 aromatic carbocycles. The summed E-state index contributed by atoms with van der Waals surface area (Å²) < 4.78 is 0. The van der Waals surface area contributed by atoms with Gasteiger partial charge in [-0.1, -0.05) is 57.2 Å². The first-order chi connectivity index (χ1) is 8.89. The van der Waals surface area contributed by atoms with Crippen molar-refractivity contribution in [3.8, 4) is 0 Å². The average Bonchev–Trinajstić information content (AvgIpc) is 2.60. The van der Waals surface area contributed by atoms with Crippen LogP contribution in [0.3, 0.4) is 0 Å². The van der Waals surface area contributed by atoms with Gasteiger partial charge in [0.1, 0.15) is 4.99 Å². The van der Waals surface area contributed by atoms with Crippen molar-refractivity contribution >= 4 is 33.7 Å². The molecule has 0 saturated carbocycles. The van der Waals surface area contributed by atoms with Gasteiger partial charge in [0.15, 0.2) is 5.13 Å². The fourth-order valence-corrected chi connectivity index (χ4v) is 3.78. The van der Waals surface area contributed by atoms with Crippen LogP contribution in [0.4, 0.5) is 5.13 Å². The molecule has 1 saturated heterocycles. The molecule has 2 heterocycles. The number of thiocarbonyl (C=S) groups is 1. The van der Waals surface area contributed by atoms with Crippen LogP contribution in [0.15, 0.2) is 0 Å². The Morgan fingerprint density at radius 1 is 1.21 bits per heavy atom. The van der Waals surface area contributed by atoms with Crippen LogP contribution in [-0.2, 0) is 5.41 Å². The van der Waals surface area contributed by atoms with Gasteiger partial charge in [0, 0.05) is 18.5 Å². The highest BCUT2D eigenvalue weighted by Gasteiger charge is 2.26. The van der Waals surface area contributed by atoms with Crippen molar-refractivity contribution in [3.05, 3.63) is 10.6 Å². The number of nitrogens with two attached hydrogens (primary N) is 1. The third kappa shape index (κ3) is 3.45. The van der Waals surface area contributed by atoms with E-state index in [1.165, 1.54) is 25.7 Å². The number of anilines is 1. The van der Waals surface area contributed by atoms with Gasteiger partial charge >= 0.3 is 0 Å². The maximum absolute atomic E-state index is 5.87. The summed E-state index contributed by atoms with van der Waals surface area (Å²) in [6.45, 7) is 8.70. The molecule has 2 N–H and O–H groups in total. The number of aromatic nitrogens is 1. The van der Waals surface area contributed by atoms with E-state index in [-0.39, 0.29) is 5.41 Å². The van der Waals surface area contributed by atoms with E-state index in [4.69, 9.17) is 22.9 Å². The summed E-state index contributed by atoms with van der Waals surface area (Å²) in [5.74, 6) is 0. The van der Waals surface area contributed by atoms with Crippen molar-refractivity contribution in [2.45, 2.75) is 51.9 Å². The van der Waals surface area contributed by atoms with Gasteiger partial charge in [-0.3, -0.25) is 0 Å². The van der Waals surface area contributed by atoms with Crippen LogP contribution in [-0.4, -0.2) is 23.1 Å². The van der Waals surface area contributed by atoms with Crippen LogP contribution >= 0.6 is 23.6 Å². The molecule has 1 fully saturated rings. The monoisotopic (exact) mass is 297 g/mol. The minimum Gasteiger partial charge on any atom is -0.389 e. The van der Waals surface area contributed by atoms with E-state index < -0.39 is 0 Å². The van der Waals surface area contributed by atoms with E-state index in [0.29, 0.717) is 4.99 Å². The van der Waals surface area contributed by atoms with Crippen molar-refractivity contribution in [2.24, 2.45) is 5.73 Å². The summed E-state index contributed by atoms with van der Waals surface area (Å²) in [5, 5.41) is 1.09. The first-order valence-electron chi connectivity index (χ1n) is 6.95. The third-order valence-corrected chi connectivity index (χ3v) is 4.91. The van der Waals surface area contributed by atoms with Crippen LogP contribution in [0.2, 0.25) is 0 Å². The molecule has 0 bridgehead atoms. The molecular weight excluding hydrogens is 274 g/mol. The smallest absolute Gasteiger partial charge is 0.186 e. The quantitative estimate of drug-likeness (QED) is 0.849. The van der Waals surface area contributed by atoms with E-state index in [2.05, 4.69) is 25.7 Å². The molecule has 0 amide bonds. The molecule has 106 valence electrons. The summed E-state index contributed by atoms with van der Waals surface area (Å²) >= 11 is 6.85. The first kappa shape index (κ1) is 14.7. The van der Waals surface area contributed by atoms with Crippen LogP contribution in [0.1, 0.15) is 57.0 Å². The molecule has 3 nitrogen and oxygen atoms in total. The number of thiazole rings is 1. The van der Waals surface area contributed by atoms with Gasteiger partial charge < -0.3 is 10.6 Å². The number of nitrogens with zero attached hydrogens (tertiary/aromatic N) is 2. The zero-order chi connectivity index (χ0) is 14.0. The Hall–Kier alpha value is -0.680. The van der Waals surface area contributed by atoms with Gasteiger partial charge in [-0.2, -0.15) is 0 Å². The molecular formula is C14H23N3S2. The highest BCUT2D eigenvalue weighted by atomic mass is 32.1. The van der Waals surface area contributed by atoms with Crippen LogP contribution < -0.4 is 10.6 Å². The molecule has 19 heavy (non-hydrogen) atoms. The van der Waals surface area contributed by atoms with E-state index in [9.17, 15) is 0 Å². The number of rotatable bonds is 2. The lowest BCUT2D eigenvalue weighted by atomic mass is 9.91. The molecule has 0 radical (unpaired) electrons. The summed E-state index contributed by atoms with van der Waals surface area (Å²) in [7, 11) is 0. The lowest BCUT2D eigenvalue weighted by Crippen LogP contribution is -2.24. The second kappa shape index (κ2) is 5.75. The van der Waals surface area contributed by atoms with Crippen molar-refractivity contribution in [1.82, 2.24) is 4.98 Å². The fourth-order valence-electron chi connectivity index (χ4n) is 2.38. The van der Waals surface area contributed by atoms with Crippen LogP contribution in [0.25, 0.3) is 0 Å². The Bertz CT molecular complexity index is 452. The molecule has 1 aliphatic rings. The van der Waals surface area contributed by atoms with E-state index in [1.54, 1.807) is 11.3 Å². The molecule has 0 aliphatic carbocycles. The Morgan fingerprint density at radius 2 is 1.79 bits per heavy atom. The topological polar surface area (TPSA) is 42.2 Å². The van der Waals surface area contributed by atoms with Crippen molar-refractivity contribution < 1.29 is 0 Å². The molecule has 1 aromatic rings. The predicted octanol–water partition coefficient (Wildman–Crippen LogP) is 3.46. The minimum atomic E-state index is -0.0145. The lowest BCUT2D eigenvalue weighted by molar-refractivity contribution is 0.571. The number of hydrogen-bond acceptors (Lipinski definition) is 4. The van der Waals surface area contributed by atoms with Crippen molar-refractivity contribution in [2.75, 3.05) is 18.0 Å². The Balaban J connectivity index is 2.34. The zero-order valence-corrected chi connectivity index (χ0v) is 13.7. The Morgan fingerprint density at radius 3 is 2.21 bits per heavy atom. The maximum atomic E-state index is 5.87. The average molecular weight is 297 g/mol. The largest absolute Gasteiger partial charge is 0.389 e. The highest BCUT2D eigenvalue weighted by molar-refractivity contribution is 7.81. The maximum Gasteiger partial charge on any atom is 0.186 e. The second-order valence-electron chi connectivity index (χ2n) is 6.19. The summed E-state index contributed by atoms with van der Waals surface area (Å²) in [6.07, 6.45) is 5.17. The molecule has 0 unspecified atom stereocenters. The Labute approximate surface area is 125 Å². The standard InChI is InChI=1S/C14H23N3S2/c1-14(2,3)11-10(12(15)18)19-13(16-11)17-8-6-4-5-7-9-17/h4-9H2,1-3H3,(H2,15,18).